The van der Waals surface area contributed by atoms with Gasteiger partial charge in [-0.2, -0.15) is 5.10 Å². The number of hydrogen-bond donors (Lipinski definition) is 1. The van der Waals surface area contributed by atoms with Crippen LogP contribution in [-0.2, 0) is 31.4 Å². The average molecular weight is 563 g/mol. The minimum absolute atomic E-state index is 0.0000389. The highest BCUT2D eigenvalue weighted by Gasteiger charge is 2.32. The number of nitrogens with one attached hydrogen (secondary N) is 1. The van der Waals surface area contributed by atoms with Crippen LogP contribution in [0.1, 0.15) is 66.3 Å². The molecule has 0 aliphatic carbocycles. The van der Waals surface area contributed by atoms with Crippen LogP contribution in [0.2, 0.25) is 0 Å². The van der Waals surface area contributed by atoms with Gasteiger partial charge in [0.05, 0.1) is 12.7 Å². The Morgan fingerprint density at radius 3 is 2.44 bits per heavy atom. The Balaban J connectivity index is 1.44. The van der Waals surface area contributed by atoms with E-state index in [0.717, 1.165) is 66.8 Å². The van der Waals surface area contributed by atoms with Crippen molar-refractivity contribution in [3.8, 4) is 11.1 Å². The molecule has 0 atom stereocenters. The molecule has 1 aromatic heterocycles. The Bertz CT molecular complexity index is 1490. The molecule has 0 spiro atoms. The number of halogens is 2. The Hall–Kier alpha value is -3.95. The molecule has 0 bridgehead atoms. The van der Waals surface area contributed by atoms with Crippen LogP contribution in [0, 0.1) is 0 Å². The highest BCUT2D eigenvalue weighted by atomic mass is 19.3. The number of likely N-dealkylation sites (tertiary alicyclic amines) is 1. The smallest absolute Gasteiger partial charge is 0.317 e. The standard InChI is InChI=1S/C31H36F2N6O2/c1-19(40)37-9-6-20(7-10-37)22-11-23-17-38(31(41)34-2)18-27(23)29(13-22)39-8-4-5-21-12-25(24-15-35-36(3)16-24)26(30(32)33)14-28(21)39/h11-16,20,30H,4-10,17-18H2,1-3H3,(H,34,41). The Labute approximate surface area is 238 Å². The van der Waals surface area contributed by atoms with E-state index in [-0.39, 0.29) is 23.4 Å². The first kappa shape index (κ1) is 27.2. The van der Waals surface area contributed by atoms with Gasteiger partial charge in [-0.3, -0.25) is 9.48 Å². The van der Waals surface area contributed by atoms with E-state index in [1.165, 1.54) is 5.56 Å². The topological polar surface area (TPSA) is 73.7 Å². The van der Waals surface area contributed by atoms with Gasteiger partial charge in [-0.15, -0.1) is 0 Å². The number of hydrogen-bond acceptors (Lipinski definition) is 4. The average Bonchev–Trinajstić information content (AvgIpc) is 3.61. The van der Waals surface area contributed by atoms with E-state index in [1.807, 2.05) is 11.0 Å². The van der Waals surface area contributed by atoms with Crippen LogP contribution >= 0.6 is 0 Å². The Morgan fingerprint density at radius 2 is 1.78 bits per heavy atom. The van der Waals surface area contributed by atoms with Crippen molar-refractivity contribution < 1.29 is 18.4 Å². The second-order valence-corrected chi connectivity index (χ2v) is 11.4. The summed E-state index contributed by atoms with van der Waals surface area (Å²) < 4.78 is 30.6. The molecular weight excluding hydrogens is 526 g/mol. The van der Waals surface area contributed by atoms with Crippen LogP contribution in [0.25, 0.3) is 11.1 Å². The van der Waals surface area contributed by atoms with E-state index in [9.17, 15) is 18.4 Å². The van der Waals surface area contributed by atoms with Crippen molar-refractivity contribution in [3.63, 3.8) is 0 Å². The van der Waals surface area contributed by atoms with Crippen LogP contribution in [0.5, 0.6) is 0 Å². The molecule has 216 valence electrons. The molecule has 41 heavy (non-hydrogen) atoms. The van der Waals surface area contributed by atoms with Crippen molar-refractivity contribution in [2.75, 3.05) is 31.6 Å². The number of carbonyl (C=O) groups excluding carboxylic acids is 2. The molecule has 3 aliphatic rings. The zero-order chi connectivity index (χ0) is 28.8. The lowest BCUT2D eigenvalue weighted by Gasteiger charge is -2.36. The van der Waals surface area contributed by atoms with Gasteiger partial charge < -0.3 is 20.0 Å². The molecule has 1 fully saturated rings. The predicted octanol–water partition coefficient (Wildman–Crippen LogP) is 5.49. The van der Waals surface area contributed by atoms with Gasteiger partial charge in [-0.1, -0.05) is 6.07 Å². The summed E-state index contributed by atoms with van der Waals surface area (Å²) in [7, 11) is 3.42. The lowest BCUT2D eigenvalue weighted by atomic mass is 9.86. The minimum Gasteiger partial charge on any atom is -0.343 e. The maximum atomic E-state index is 14.5. The van der Waals surface area contributed by atoms with Gasteiger partial charge in [0, 0.05) is 81.5 Å². The molecule has 2 aromatic carbocycles. The van der Waals surface area contributed by atoms with Crippen LogP contribution in [0.4, 0.5) is 25.0 Å². The van der Waals surface area contributed by atoms with Crippen molar-refractivity contribution >= 4 is 23.3 Å². The highest BCUT2D eigenvalue weighted by molar-refractivity contribution is 5.80. The predicted molar refractivity (Wildman–Crippen MR) is 153 cm³/mol. The third-order valence-corrected chi connectivity index (χ3v) is 8.88. The van der Waals surface area contributed by atoms with Crippen LogP contribution in [-0.4, -0.2) is 58.2 Å². The van der Waals surface area contributed by atoms with E-state index < -0.39 is 6.43 Å². The molecule has 0 saturated carbocycles. The molecular formula is C31H36F2N6O2. The number of aryl methyl sites for hydroxylation is 2. The van der Waals surface area contributed by atoms with E-state index >= 15 is 0 Å². The maximum Gasteiger partial charge on any atom is 0.317 e. The summed E-state index contributed by atoms with van der Waals surface area (Å²) in [4.78, 5) is 30.4. The van der Waals surface area contributed by atoms with Crippen LogP contribution in [0.15, 0.2) is 36.7 Å². The number of amides is 3. The fourth-order valence-electron chi connectivity index (χ4n) is 6.71. The minimum atomic E-state index is -2.63. The number of rotatable bonds is 4. The van der Waals surface area contributed by atoms with Gasteiger partial charge in [-0.05, 0) is 72.1 Å². The molecule has 3 aromatic rings. The molecule has 4 heterocycles. The second-order valence-electron chi connectivity index (χ2n) is 11.4. The summed E-state index contributed by atoms with van der Waals surface area (Å²) in [5, 5.41) is 6.95. The lowest BCUT2D eigenvalue weighted by molar-refractivity contribution is -0.129. The molecule has 3 amide bonds. The highest BCUT2D eigenvalue weighted by Crippen LogP contribution is 2.45. The molecule has 1 N–H and O–H groups in total. The summed E-state index contributed by atoms with van der Waals surface area (Å²) in [6, 6.07) is 7.88. The molecule has 0 unspecified atom stereocenters. The van der Waals surface area contributed by atoms with E-state index in [0.29, 0.717) is 30.8 Å². The van der Waals surface area contributed by atoms with Crippen molar-refractivity contribution in [3.05, 3.63) is 64.5 Å². The fraction of sp³-hybridized carbons (Fsp3) is 0.452. The van der Waals surface area contributed by atoms with Gasteiger partial charge in [-0.25, -0.2) is 13.6 Å². The monoisotopic (exact) mass is 562 g/mol. The van der Waals surface area contributed by atoms with Gasteiger partial charge in [0.15, 0.2) is 0 Å². The van der Waals surface area contributed by atoms with Crippen LogP contribution < -0.4 is 10.2 Å². The third-order valence-electron chi connectivity index (χ3n) is 8.88. The number of fused-ring (bicyclic) bond motifs is 2. The molecule has 0 radical (unpaired) electrons. The normalized spacial score (nSPS) is 17.2. The third kappa shape index (κ3) is 5.04. The number of nitrogens with zero attached hydrogens (tertiary/aromatic N) is 5. The van der Waals surface area contributed by atoms with Gasteiger partial charge in [0.25, 0.3) is 6.43 Å². The SMILES string of the molecule is CNC(=O)N1Cc2cc(C3CCN(C(C)=O)CC3)cc(N3CCCc4cc(-c5cnn(C)c5)c(C(F)F)cc43)c2C1. The number of anilines is 2. The summed E-state index contributed by atoms with van der Waals surface area (Å²) >= 11 is 0. The number of alkyl halides is 2. The Kier molecular flexibility index (Phi) is 7.17. The quantitative estimate of drug-likeness (QED) is 0.457. The number of urea groups is 1. The zero-order valence-corrected chi connectivity index (χ0v) is 23.8. The van der Waals surface area contributed by atoms with Crippen molar-refractivity contribution in [1.82, 2.24) is 24.9 Å². The van der Waals surface area contributed by atoms with Crippen molar-refractivity contribution in [2.45, 2.75) is 58.0 Å². The van der Waals surface area contributed by atoms with Gasteiger partial charge >= 0.3 is 6.03 Å². The number of benzene rings is 2. The largest absolute Gasteiger partial charge is 0.343 e. The first-order valence-electron chi connectivity index (χ1n) is 14.3. The summed E-state index contributed by atoms with van der Waals surface area (Å²) in [5.41, 5.74) is 7.41. The van der Waals surface area contributed by atoms with E-state index in [4.69, 9.17) is 0 Å². The molecule has 8 nitrogen and oxygen atoms in total. The first-order valence-corrected chi connectivity index (χ1v) is 14.3. The van der Waals surface area contributed by atoms with Gasteiger partial charge in [0.2, 0.25) is 5.91 Å². The van der Waals surface area contributed by atoms with Crippen LogP contribution in [0.3, 0.4) is 0 Å². The summed E-state index contributed by atoms with van der Waals surface area (Å²) in [6.07, 6.45) is 4.22. The Morgan fingerprint density at radius 1 is 1.00 bits per heavy atom. The van der Waals surface area contributed by atoms with E-state index in [2.05, 4.69) is 27.4 Å². The second kappa shape index (κ2) is 10.8. The lowest BCUT2D eigenvalue weighted by Crippen LogP contribution is -2.36. The summed E-state index contributed by atoms with van der Waals surface area (Å²) in [5.74, 6) is 0.391. The molecule has 6 rings (SSSR count). The molecule has 10 heteroatoms. The number of aromatic nitrogens is 2. The number of piperidine rings is 1. The molecule has 3 aliphatic heterocycles. The molecule has 1 saturated heterocycles. The van der Waals surface area contributed by atoms with Crippen molar-refractivity contribution in [1.29, 1.82) is 0 Å². The van der Waals surface area contributed by atoms with Gasteiger partial charge in [0.1, 0.15) is 0 Å². The zero-order valence-electron chi connectivity index (χ0n) is 23.8. The maximum absolute atomic E-state index is 14.5. The summed E-state index contributed by atoms with van der Waals surface area (Å²) in [6.45, 7) is 4.74. The van der Waals surface area contributed by atoms with Crippen molar-refractivity contribution in [2.24, 2.45) is 7.05 Å². The number of carbonyl (C=O) groups is 2. The van der Waals surface area contributed by atoms with E-state index in [1.54, 1.807) is 49.1 Å². The fourth-order valence-corrected chi connectivity index (χ4v) is 6.71. The first-order chi connectivity index (χ1) is 19.7.